The lowest BCUT2D eigenvalue weighted by atomic mass is 10.0. The fourth-order valence-electron chi connectivity index (χ4n) is 6.05. The fourth-order valence-corrected chi connectivity index (χ4v) is 6.05. The van der Waals surface area contributed by atoms with Crippen LogP contribution in [0.1, 0.15) is 36.6 Å². The second kappa shape index (κ2) is 18.2. The normalized spacial score (nSPS) is 22.6. The summed E-state index contributed by atoms with van der Waals surface area (Å²) in [5, 5.41) is 19.5. The van der Waals surface area contributed by atoms with Crippen molar-refractivity contribution in [1.29, 1.82) is 0 Å². The van der Waals surface area contributed by atoms with E-state index >= 15 is 0 Å². The summed E-state index contributed by atoms with van der Waals surface area (Å²) in [5.41, 5.74) is 2.04. The predicted octanol–water partition coefficient (Wildman–Crippen LogP) is -0.101. The van der Waals surface area contributed by atoms with Gasteiger partial charge in [0.1, 0.15) is 42.2 Å². The van der Waals surface area contributed by atoms with Crippen molar-refractivity contribution in [3.8, 4) is 5.75 Å². The quantitative estimate of drug-likeness (QED) is 0.249. The fraction of sp³-hybridized carbons (Fsp3) is 0.472. The second-order valence-electron chi connectivity index (χ2n) is 12.8. The molecule has 0 spiro atoms. The smallest absolute Gasteiger partial charge is 0.328 e. The Hall–Kier alpha value is -5.35. The van der Waals surface area contributed by atoms with Crippen molar-refractivity contribution in [2.45, 2.75) is 76.0 Å². The second-order valence-corrected chi connectivity index (χ2v) is 12.8. The number of benzene rings is 2. The van der Waals surface area contributed by atoms with E-state index in [0.29, 0.717) is 37.4 Å². The van der Waals surface area contributed by atoms with E-state index in [2.05, 4.69) is 31.6 Å². The van der Waals surface area contributed by atoms with Crippen LogP contribution in [0, 0.1) is 0 Å². The van der Waals surface area contributed by atoms with Crippen LogP contribution in [0.3, 0.4) is 0 Å². The van der Waals surface area contributed by atoms with E-state index in [1.165, 1.54) is 12.0 Å². The van der Waals surface area contributed by atoms with Crippen LogP contribution < -0.4 is 26.0 Å². The van der Waals surface area contributed by atoms with Crippen molar-refractivity contribution in [2.24, 2.45) is 0 Å². The van der Waals surface area contributed by atoms with Crippen LogP contribution in [-0.2, 0) is 59.4 Å². The molecule has 4 amide bonds. The number of amides is 4. The van der Waals surface area contributed by atoms with Crippen LogP contribution in [0.4, 0.5) is 0 Å². The number of rotatable bonds is 6. The monoisotopic (exact) mass is 718 g/mol. The van der Waals surface area contributed by atoms with Gasteiger partial charge in [-0.3, -0.25) is 19.2 Å². The summed E-state index contributed by atoms with van der Waals surface area (Å²) in [4.78, 5) is 69.2. The molecule has 4 heterocycles. The third-order valence-electron chi connectivity index (χ3n) is 9.07. The molecule has 1 aromatic heterocycles. The summed E-state index contributed by atoms with van der Waals surface area (Å²) in [6.45, 7) is 2.45. The first-order valence-corrected chi connectivity index (χ1v) is 17.3. The Morgan fingerprint density at radius 1 is 1.04 bits per heavy atom. The highest BCUT2D eigenvalue weighted by Gasteiger charge is 2.39. The van der Waals surface area contributed by atoms with Crippen LogP contribution >= 0.6 is 0 Å². The SMILES string of the molecule is CN[C@@H](C)C(=O)N[C@H]1COCc2cn(nn2)CCOc2ccc(cc2)C[C@@H](C(=O)OC)NC(=O)[C@H](Cc2ccccc2)NC(=O)[C@@H]2CCCN2C1=O. The van der Waals surface area contributed by atoms with E-state index < -0.39 is 59.8 Å². The van der Waals surface area contributed by atoms with Gasteiger partial charge < -0.3 is 40.4 Å². The van der Waals surface area contributed by atoms with Gasteiger partial charge in [0.05, 0.1) is 39.1 Å². The molecule has 0 unspecified atom stereocenters. The van der Waals surface area contributed by atoms with E-state index in [9.17, 15) is 24.0 Å². The number of methoxy groups -OCH3 is 1. The molecule has 1 fully saturated rings. The largest absolute Gasteiger partial charge is 0.492 e. The highest BCUT2D eigenvalue weighted by atomic mass is 16.5. The Morgan fingerprint density at radius 2 is 1.81 bits per heavy atom. The van der Waals surface area contributed by atoms with Gasteiger partial charge in [-0.05, 0) is 50.1 Å². The average Bonchev–Trinajstić information content (AvgIpc) is 3.84. The van der Waals surface area contributed by atoms with E-state index in [-0.39, 0.29) is 32.6 Å². The van der Waals surface area contributed by atoms with Crippen molar-refractivity contribution in [2.75, 3.05) is 33.9 Å². The lowest BCUT2D eigenvalue weighted by Gasteiger charge is -2.30. The van der Waals surface area contributed by atoms with Gasteiger partial charge in [0.25, 0.3) is 0 Å². The summed E-state index contributed by atoms with van der Waals surface area (Å²) < 4.78 is 18.4. The summed E-state index contributed by atoms with van der Waals surface area (Å²) >= 11 is 0. The first-order valence-electron chi connectivity index (χ1n) is 17.3. The lowest BCUT2D eigenvalue weighted by molar-refractivity contribution is -0.146. The van der Waals surface area contributed by atoms with Gasteiger partial charge in [-0.25, -0.2) is 9.48 Å². The summed E-state index contributed by atoms with van der Waals surface area (Å²) in [5.74, 6) is -2.09. The number of likely N-dealkylation sites (N-methyl/N-ethyl adjacent to an activating group) is 1. The van der Waals surface area contributed by atoms with Crippen LogP contribution in [0.5, 0.6) is 5.75 Å². The Morgan fingerprint density at radius 3 is 2.54 bits per heavy atom. The molecule has 0 saturated carbocycles. The third kappa shape index (κ3) is 10.1. The molecule has 3 aliphatic rings. The Kier molecular flexibility index (Phi) is 13.3. The van der Waals surface area contributed by atoms with Gasteiger partial charge in [0.15, 0.2) is 0 Å². The number of esters is 1. The molecule has 5 atom stereocenters. The number of carbonyl (C=O) groups excluding carboxylic acids is 5. The highest BCUT2D eigenvalue weighted by Crippen LogP contribution is 2.20. The molecule has 4 N–H and O–H groups in total. The number of aromatic nitrogens is 3. The molecular weight excluding hydrogens is 672 g/mol. The summed E-state index contributed by atoms with van der Waals surface area (Å²) in [6.07, 6.45) is 2.83. The van der Waals surface area contributed by atoms with Crippen LogP contribution in [-0.4, -0.2) is 114 Å². The first-order chi connectivity index (χ1) is 25.1. The molecule has 1 saturated heterocycles. The molecule has 0 radical (unpaired) electrons. The highest BCUT2D eigenvalue weighted by molar-refractivity contribution is 5.96. The lowest BCUT2D eigenvalue weighted by Crippen LogP contribution is -2.59. The molecule has 3 aliphatic heterocycles. The molecule has 3 aromatic rings. The Labute approximate surface area is 301 Å². The summed E-state index contributed by atoms with van der Waals surface area (Å²) in [6, 6.07) is 11.5. The number of nitrogens with one attached hydrogen (secondary N) is 4. The maximum absolute atomic E-state index is 14.0. The van der Waals surface area contributed by atoms with Crippen molar-refractivity contribution in [1.82, 2.24) is 41.2 Å². The van der Waals surface area contributed by atoms with Crippen molar-refractivity contribution < 1.29 is 38.2 Å². The Balaban J connectivity index is 1.44. The zero-order valence-corrected chi connectivity index (χ0v) is 29.6. The maximum atomic E-state index is 14.0. The van der Waals surface area contributed by atoms with Crippen LogP contribution in [0.15, 0.2) is 60.8 Å². The van der Waals surface area contributed by atoms with E-state index in [1.54, 1.807) is 49.1 Å². The predicted molar refractivity (Wildman–Crippen MR) is 187 cm³/mol. The van der Waals surface area contributed by atoms with E-state index in [1.807, 2.05) is 30.3 Å². The number of carbonyl (C=O) groups is 5. The minimum absolute atomic E-state index is 0.0241. The molecule has 2 aromatic carbocycles. The number of nitrogens with zero attached hydrogens (tertiary/aromatic N) is 4. The molecule has 0 aliphatic carbocycles. The number of fused-ring (bicyclic) bond motifs is 14. The molecule has 6 rings (SSSR count). The zero-order chi connectivity index (χ0) is 37.0. The minimum Gasteiger partial charge on any atom is -0.492 e. The topological polar surface area (TPSA) is 195 Å². The minimum atomic E-state index is -1.11. The molecule has 4 bridgehead atoms. The number of hydrogen-bond acceptors (Lipinski definition) is 11. The molecule has 52 heavy (non-hydrogen) atoms. The standard InChI is InChI=1S/C36H46N8O8/c1-23(37-2)32(45)40-30-22-51-21-26-20-43(42-41-26)16-17-52-27-13-11-25(12-14-27)19-29(36(49)50-3)39-33(46)28(18-24-8-5-4-6-9-24)38-34(47)31-10-7-15-44(31)35(30)48/h4-6,8-9,11-14,20,23,28-31,37H,7,10,15-19,21-22H2,1-3H3,(H,38,47)(H,39,46)(H,40,45)/t23-,28-,29-,30-,31-/m0/s1. The Bertz CT molecular complexity index is 1680. The molecule has 278 valence electrons. The van der Waals surface area contributed by atoms with Gasteiger partial charge in [-0.1, -0.05) is 47.7 Å². The van der Waals surface area contributed by atoms with E-state index in [4.69, 9.17) is 14.2 Å². The average molecular weight is 719 g/mol. The number of hydrogen-bond donors (Lipinski definition) is 4. The van der Waals surface area contributed by atoms with E-state index in [0.717, 1.165) is 11.1 Å². The van der Waals surface area contributed by atoms with Gasteiger partial charge in [0, 0.05) is 19.4 Å². The maximum Gasteiger partial charge on any atom is 0.328 e. The van der Waals surface area contributed by atoms with Crippen LogP contribution in [0.2, 0.25) is 0 Å². The van der Waals surface area contributed by atoms with Gasteiger partial charge in [0.2, 0.25) is 23.6 Å². The molecule has 16 heteroatoms. The number of ether oxygens (including phenoxy) is 3. The zero-order valence-electron chi connectivity index (χ0n) is 29.6. The molecule has 16 nitrogen and oxygen atoms in total. The molecular formula is C36H46N8O8. The third-order valence-corrected chi connectivity index (χ3v) is 9.07. The van der Waals surface area contributed by atoms with Crippen molar-refractivity contribution in [3.63, 3.8) is 0 Å². The van der Waals surface area contributed by atoms with Crippen LogP contribution in [0.25, 0.3) is 0 Å². The van der Waals surface area contributed by atoms with Gasteiger partial charge >= 0.3 is 5.97 Å². The van der Waals surface area contributed by atoms with Gasteiger partial charge in [-0.2, -0.15) is 0 Å². The van der Waals surface area contributed by atoms with Gasteiger partial charge in [-0.15, -0.1) is 5.10 Å². The summed E-state index contributed by atoms with van der Waals surface area (Å²) in [7, 11) is 2.87. The van der Waals surface area contributed by atoms with Crippen molar-refractivity contribution >= 4 is 29.6 Å². The first kappa shape index (κ1) is 37.9. The van der Waals surface area contributed by atoms with Crippen molar-refractivity contribution in [3.05, 3.63) is 77.6 Å².